The molecule has 1 aromatic rings. The van der Waals surface area contributed by atoms with Gasteiger partial charge in [0.2, 0.25) is 5.91 Å². The van der Waals surface area contributed by atoms with Crippen LogP contribution in [0.4, 0.5) is 0 Å². The molecule has 0 aliphatic carbocycles. The molecule has 1 aromatic heterocycles. The van der Waals surface area contributed by atoms with E-state index in [1.54, 1.807) is 18.3 Å². The number of nitrogens with one attached hydrogen (secondary N) is 1. The van der Waals surface area contributed by atoms with Crippen molar-refractivity contribution in [3.8, 4) is 0 Å². The van der Waals surface area contributed by atoms with Crippen LogP contribution in [-0.2, 0) is 10.4 Å². The number of hydrogen-bond donors (Lipinski definition) is 2. The van der Waals surface area contributed by atoms with Crippen LogP contribution in [-0.4, -0.2) is 41.6 Å². The molecule has 0 saturated carbocycles. The van der Waals surface area contributed by atoms with Gasteiger partial charge in [0.05, 0.1) is 12.6 Å². The molecule has 118 valence electrons. The largest absolute Gasteiger partial charge is 0.384 e. The van der Waals surface area contributed by atoms with Crippen molar-refractivity contribution in [1.29, 1.82) is 0 Å². The molecule has 0 aromatic carbocycles. The molecule has 0 unspecified atom stereocenters. The minimum absolute atomic E-state index is 0.0306. The van der Waals surface area contributed by atoms with Gasteiger partial charge < -0.3 is 10.4 Å². The van der Waals surface area contributed by atoms with Crippen LogP contribution >= 0.6 is 11.3 Å². The number of hydrogen-bond acceptors (Lipinski definition) is 4. The molecule has 2 atom stereocenters. The second kappa shape index (κ2) is 7.38. The Hall–Kier alpha value is -0.910. The second-order valence-corrected chi connectivity index (χ2v) is 6.83. The molecular formula is C16H26N2O2S. The average Bonchev–Trinajstić information content (AvgIpc) is 3.01. The fourth-order valence-electron chi connectivity index (χ4n) is 2.89. The van der Waals surface area contributed by atoms with E-state index in [0.717, 1.165) is 37.9 Å². The Morgan fingerprint density at radius 2 is 2.38 bits per heavy atom. The van der Waals surface area contributed by atoms with Crippen molar-refractivity contribution in [3.63, 3.8) is 0 Å². The van der Waals surface area contributed by atoms with E-state index in [9.17, 15) is 9.90 Å². The van der Waals surface area contributed by atoms with Crippen LogP contribution in [0.1, 0.15) is 45.1 Å². The number of piperidine rings is 1. The first-order chi connectivity index (χ1) is 10.0. The summed E-state index contributed by atoms with van der Waals surface area (Å²) in [4.78, 5) is 14.7. The van der Waals surface area contributed by atoms with E-state index in [2.05, 4.69) is 17.1 Å². The van der Waals surface area contributed by atoms with Crippen molar-refractivity contribution in [2.75, 3.05) is 19.6 Å². The highest BCUT2D eigenvalue weighted by molar-refractivity contribution is 7.08. The molecule has 2 rings (SSSR count). The maximum Gasteiger partial charge on any atom is 0.237 e. The van der Waals surface area contributed by atoms with Crippen LogP contribution in [0.2, 0.25) is 0 Å². The first-order valence-electron chi connectivity index (χ1n) is 7.81. The number of thiophene rings is 1. The monoisotopic (exact) mass is 310 g/mol. The Bertz CT molecular complexity index is 443. The third-order valence-corrected chi connectivity index (χ3v) is 4.86. The normalized spacial score (nSPS) is 22.7. The van der Waals surface area contributed by atoms with E-state index in [0.29, 0.717) is 0 Å². The Morgan fingerprint density at radius 3 is 3.05 bits per heavy atom. The average molecular weight is 310 g/mol. The zero-order valence-corrected chi connectivity index (χ0v) is 13.8. The Morgan fingerprint density at radius 1 is 1.57 bits per heavy atom. The molecule has 0 radical (unpaired) electrons. The summed E-state index contributed by atoms with van der Waals surface area (Å²) in [5, 5.41) is 17.3. The van der Waals surface area contributed by atoms with Crippen molar-refractivity contribution in [1.82, 2.24) is 10.2 Å². The topological polar surface area (TPSA) is 52.6 Å². The summed E-state index contributed by atoms with van der Waals surface area (Å²) in [6, 6.07) is 1.87. The first kappa shape index (κ1) is 16.5. The van der Waals surface area contributed by atoms with E-state index in [-0.39, 0.29) is 18.5 Å². The Labute approximate surface area is 131 Å². The smallest absolute Gasteiger partial charge is 0.237 e. The predicted octanol–water partition coefficient (Wildman–Crippen LogP) is 2.34. The molecule has 0 bridgehead atoms. The van der Waals surface area contributed by atoms with Crippen LogP contribution in [0.15, 0.2) is 16.8 Å². The molecule has 1 saturated heterocycles. The third kappa shape index (κ3) is 4.28. The van der Waals surface area contributed by atoms with Crippen LogP contribution in [0, 0.1) is 0 Å². The summed E-state index contributed by atoms with van der Waals surface area (Å²) >= 11 is 1.55. The Balaban J connectivity index is 1.91. The number of amides is 1. The zero-order valence-electron chi connectivity index (χ0n) is 13.0. The summed E-state index contributed by atoms with van der Waals surface area (Å²) in [6.45, 7) is 6.13. The van der Waals surface area contributed by atoms with E-state index in [4.69, 9.17) is 0 Å². The third-order valence-electron chi connectivity index (χ3n) is 4.18. The van der Waals surface area contributed by atoms with Crippen LogP contribution in [0.5, 0.6) is 0 Å². The maximum absolute atomic E-state index is 12.4. The standard InChI is InChI=1S/C16H26N2O2S/c1-3-8-18-9-5-4-6-14(18)15(19)17-12-16(2,20)13-7-10-21-11-13/h7,10-11,14,20H,3-6,8-9,12H2,1-2H3,(H,17,19)/t14-,16+/m0/s1. The maximum atomic E-state index is 12.4. The highest BCUT2D eigenvalue weighted by Gasteiger charge is 2.30. The summed E-state index contributed by atoms with van der Waals surface area (Å²) in [7, 11) is 0. The van der Waals surface area contributed by atoms with Gasteiger partial charge in [0.25, 0.3) is 0 Å². The summed E-state index contributed by atoms with van der Waals surface area (Å²) in [5.41, 5.74) is -0.137. The van der Waals surface area contributed by atoms with Crippen molar-refractivity contribution in [3.05, 3.63) is 22.4 Å². The van der Waals surface area contributed by atoms with Gasteiger partial charge >= 0.3 is 0 Å². The SMILES string of the molecule is CCCN1CCCC[C@H]1C(=O)NC[C@@](C)(O)c1ccsc1. The van der Waals surface area contributed by atoms with E-state index < -0.39 is 5.60 Å². The van der Waals surface area contributed by atoms with Gasteiger partial charge in [0.15, 0.2) is 0 Å². The summed E-state index contributed by atoms with van der Waals surface area (Å²) in [6.07, 6.45) is 4.28. The molecule has 1 amide bonds. The fraction of sp³-hybridized carbons (Fsp3) is 0.688. The number of aliphatic hydroxyl groups is 1. The summed E-state index contributed by atoms with van der Waals surface area (Å²) in [5.74, 6) is 0.0543. The van der Waals surface area contributed by atoms with Gasteiger partial charge in [-0.05, 0) is 61.7 Å². The van der Waals surface area contributed by atoms with Crippen LogP contribution in [0.3, 0.4) is 0 Å². The predicted molar refractivity (Wildman–Crippen MR) is 86.4 cm³/mol. The first-order valence-corrected chi connectivity index (χ1v) is 8.75. The minimum Gasteiger partial charge on any atom is -0.384 e. The van der Waals surface area contributed by atoms with Crippen LogP contribution in [0.25, 0.3) is 0 Å². The Kier molecular flexibility index (Phi) is 5.79. The number of carbonyl (C=O) groups excluding carboxylic acids is 1. The molecule has 1 aliphatic rings. The molecule has 1 aliphatic heterocycles. The van der Waals surface area contributed by atoms with Crippen LogP contribution < -0.4 is 5.32 Å². The number of nitrogens with zero attached hydrogens (tertiary/aromatic N) is 1. The van der Waals surface area contributed by atoms with Gasteiger partial charge in [0.1, 0.15) is 5.60 Å². The van der Waals surface area contributed by atoms with Gasteiger partial charge in [-0.15, -0.1) is 0 Å². The molecular weight excluding hydrogens is 284 g/mol. The molecule has 2 N–H and O–H groups in total. The number of likely N-dealkylation sites (tertiary alicyclic amines) is 1. The molecule has 0 spiro atoms. The lowest BCUT2D eigenvalue weighted by molar-refractivity contribution is -0.128. The van der Waals surface area contributed by atoms with Gasteiger partial charge in [-0.25, -0.2) is 0 Å². The zero-order chi connectivity index (χ0) is 15.3. The van der Waals surface area contributed by atoms with Crippen molar-refractivity contribution < 1.29 is 9.90 Å². The van der Waals surface area contributed by atoms with Crippen molar-refractivity contribution in [2.45, 2.75) is 51.2 Å². The van der Waals surface area contributed by atoms with Gasteiger partial charge in [-0.1, -0.05) is 13.3 Å². The van der Waals surface area contributed by atoms with Gasteiger partial charge in [-0.3, -0.25) is 9.69 Å². The van der Waals surface area contributed by atoms with Gasteiger partial charge in [-0.2, -0.15) is 11.3 Å². The minimum atomic E-state index is -1.00. The van der Waals surface area contributed by atoms with Crippen molar-refractivity contribution >= 4 is 17.2 Å². The highest BCUT2D eigenvalue weighted by Crippen LogP contribution is 2.23. The number of rotatable bonds is 6. The van der Waals surface area contributed by atoms with Crippen molar-refractivity contribution in [2.24, 2.45) is 0 Å². The molecule has 5 heteroatoms. The van der Waals surface area contributed by atoms with E-state index in [1.165, 1.54) is 6.42 Å². The fourth-order valence-corrected chi connectivity index (χ4v) is 3.68. The molecule has 2 heterocycles. The lowest BCUT2D eigenvalue weighted by Gasteiger charge is -2.35. The van der Waals surface area contributed by atoms with E-state index in [1.807, 2.05) is 16.8 Å². The molecule has 4 nitrogen and oxygen atoms in total. The lowest BCUT2D eigenvalue weighted by atomic mass is 9.98. The van der Waals surface area contributed by atoms with Gasteiger partial charge in [0, 0.05) is 0 Å². The summed E-state index contributed by atoms with van der Waals surface area (Å²) < 4.78 is 0. The number of carbonyl (C=O) groups is 1. The molecule has 1 fully saturated rings. The quantitative estimate of drug-likeness (QED) is 0.848. The second-order valence-electron chi connectivity index (χ2n) is 6.05. The molecule has 21 heavy (non-hydrogen) atoms. The van der Waals surface area contributed by atoms with E-state index >= 15 is 0 Å². The highest BCUT2D eigenvalue weighted by atomic mass is 32.1. The lowest BCUT2D eigenvalue weighted by Crippen LogP contribution is -2.51.